The molecule has 1 amide bonds. The first kappa shape index (κ1) is 15.0. The summed E-state index contributed by atoms with van der Waals surface area (Å²) in [6, 6.07) is 4.00. The molecule has 0 aliphatic heterocycles. The van der Waals surface area contributed by atoms with Gasteiger partial charge in [-0.05, 0) is 24.3 Å². The van der Waals surface area contributed by atoms with Crippen molar-refractivity contribution < 1.29 is 27.9 Å². The largest absolute Gasteiger partial charge is 0.481 e. The molecular weight excluding hydrogens is 263 g/mol. The maximum Gasteiger partial charge on any atom is 0.416 e. The number of hydrogen-bond acceptors (Lipinski definition) is 2. The summed E-state index contributed by atoms with van der Waals surface area (Å²) in [5, 5.41) is 8.56. The minimum Gasteiger partial charge on any atom is -0.481 e. The quantitative estimate of drug-likeness (QED) is 0.918. The molecule has 0 aromatic heterocycles. The summed E-state index contributed by atoms with van der Waals surface area (Å²) in [6.45, 7) is 1.13. The maximum absolute atomic E-state index is 12.4. The highest BCUT2D eigenvalue weighted by molar-refractivity contribution is 5.92. The van der Waals surface area contributed by atoms with Gasteiger partial charge < -0.3 is 10.0 Å². The second-order valence-corrected chi connectivity index (χ2v) is 3.86. The third-order valence-corrected chi connectivity index (χ3v) is 2.44. The van der Waals surface area contributed by atoms with Crippen LogP contribution >= 0.6 is 0 Å². The number of nitrogens with zero attached hydrogens (tertiary/aromatic N) is 1. The average Bonchev–Trinajstić information content (AvgIpc) is 2.27. The van der Waals surface area contributed by atoms with Crippen LogP contribution in [0.15, 0.2) is 24.3 Å². The number of rotatable bonds is 4. The van der Waals surface area contributed by atoms with Gasteiger partial charge in [0, 0.05) is 19.2 Å². The number of carboxylic acids is 1. The zero-order chi connectivity index (χ0) is 14.6. The summed E-state index contributed by atoms with van der Waals surface area (Å²) >= 11 is 0. The first-order valence-corrected chi connectivity index (χ1v) is 5.39. The van der Waals surface area contributed by atoms with Crippen LogP contribution < -0.4 is 4.90 Å². The highest BCUT2D eigenvalue weighted by Crippen LogP contribution is 2.30. The van der Waals surface area contributed by atoms with Gasteiger partial charge in [0.1, 0.15) is 0 Å². The van der Waals surface area contributed by atoms with E-state index in [1.807, 2.05) is 0 Å². The van der Waals surface area contributed by atoms with Crippen molar-refractivity contribution in [1.82, 2.24) is 0 Å². The molecule has 0 spiro atoms. The molecule has 0 atom stereocenters. The Labute approximate surface area is 107 Å². The van der Waals surface area contributed by atoms with Crippen LogP contribution in [0.3, 0.4) is 0 Å². The summed E-state index contributed by atoms with van der Waals surface area (Å²) in [7, 11) is 0. The number of halogens is 3. The number of aliphatic carboxylic acids is 1. The predicted octanol–water partition coefficient (Wildman–Crippen LogP) is 2.53. The van der Waals surface area contributed by atoms with Gasteiger partial charge in [-0.25, -0.2) is 0 Å². The van der Waals surface area contributed by atoms with Crippen LogP contribution in [-0.4, -0.2) is 23.5 Å². The van der Waals surface area contributed by atoms with Crippen molar-refractivity contribution in [3.63, 3.8) is 0 Å². The second-order valence-electron chi connectivity index (χ2n) is 3.86. The van der Waals surface area contributed by atoms with E-state index in [2.05, 4.69) is 0 Å². The van der Waals surface area contributed by atoms with Crippen LogP contribution in [-0.2, 0) is 15.8 Å². The summed E-state index contributed by atoms with van der Waals surface area (Å²) in [5.74, 6) is -1.51. The van der Waals surface area contributed by atoms with Crippen LogP contribution in [0.25, 0.3) is 0 Å². The fourth-order valence-corrected chi connectivity index (χ4v) is 1.51. The summed E-state index contributed by atoms with van der Waals surface area (Å²) < 4.78 is 37.1. The highest BCUT2D eigenvalue weighted by atomic mass is 19.4. The standard InChI is InChI=1S/C12H12F3NO3/c1-8(17)16(7-6-11(18)19)10-4-2-9(3-5-10)12(13,14)15/h2-5H,6-7H2,1H3,(H,18,19). The molecule has 0 saturated carbocycles. The molecule has 1 rings (SSSR count). The van der Waals surface area contributed by atoms with Gasteiger partial charge in [0.15, 0.2) is 0 Å². The number of amides is 1. The first-order valence-electron chi connectivity index (χ1n) is 5.39. The van der Waals surface area contributed by atoms with Gasteiger partial charge in [0.2, 0.25) is 5.91 Å². The van der Waals surface area contributed by atoms with Crippen LogP contribution in [0.5, 0.6) is 0 Å². The molecule has 0 aliphatic carbocycles. The lowest BCUT2D eigenvalue weighted by Gasteiger charge is -2.20. The summed E-state index contributed by atoms with van der Waals surface area (Å²) in [6.07, 6.45) is -4.72. The number of hydrogen-bond donors (Lipinski definition) is 1. The molecule has 0 fully saturated rings. The lowest BCUT2D eigenvalue weighted by atomic mass is 10.2. The molecular formula is C12H12F3NO3. The Kier molecular flexibility index (Phi) is 4.52. The van der Waals surface area contributed by atoms with E-state index in [0.717, 1.165) is 29.2 Å². The Morgan fingerprint density at radius 1 is 1.21 bits per heavy atom. The molecule has 7 heteroatoms. The number of alkyl halides is 3. The third-order valence-electron chi connectivity index (χ3n) is 2.44. The van der Waals surface area contributed by atoms with Gasteiger partial charge in [0.25, 0.3) is 0 Å². The average molecular weight is 275 g/mol. The van der Waals surface area contributed by atoms with Gasteiger partial charge in [-0.15, -0.1) is 0 Å². The Bertz CT molecular complexity index is 468. The molecule has 1 aromatic carbocycles. The number of benzene rings is 1. The van der Waals surface area contributed by atoms with E-state index in [1.54, 1.807) is 0 Å². The van der Waals surface area contributed by atoms with Gasteiger partial charge in [-0.3, -0.25) is 9.59 Å². The minimum atomic E-state index is -4.44. The molecule has 104 valence electrons. The molecule has 19 heavy (non-hydrogen) atoms. The van der Waals surface area contributed by atoms with Crippen molar-refractivity contribution in [3.05, 3.63) is 29.8 Å². The van der Waals surface area contributed by atoms with Crippen LogP contribution in [0.2, 0.25) is 0 Å². The van der Waals surface area contributed by atoms with E-state index in [0.29, 0.717) is 0 Å². The lowest BCUT2D eigenvalue weighted by molar-refractivity contribution is -0.138. The number of carbonyl (C=O) groups excluding carboxylic acids is 1. The van der Waals surface area contributed by atoms with Crippen molar-refractivity contribution in [3.8, 4) is 0 Å². The molecule has 0 unspecified atom stereocenters. The van der Waals surface area contributed by atoms with E-state index in [4.69, 9.17) is 5.11 Å². The van der Waals surface area contributed by atoms with Crippen molar-refractivity contribution in [2.75, 3.05) is 11.4 Å². The molecule has 1 N–H and O–H groups in total. The smallest absolute Gasteiger partial charge is 0.416 e. The number of carboxylic acid groups (broad SMARTS) is 1. The van der Waals surface area contributed by atoms with Crippen molar-refractivity contribution in [1.29, 1.82) is 0 Å². The topological polar surface area (TPSA) is 57.6 Å². The van der Waals surface area contributed by atoms with E-state index in [-0.39, 0.29) is 18.7 Å². The Hall–Kier alpha value is -2.05. The lowest BCUT2D eigenvalue weighted by Crippen LogP contribution is -2.30. The molecule has 1 aromatic rings. The van der Waals surface area contributed by atoms with E-state index >= 15 is 0 Å². The normalized spacial score (nSPS) is 11.2. The second kappa shape index (κ2) is 5.73. The molecule has 0 radical (unpaired) electrons. The fourth-order valence-electron chi connectivity index (χ4n) is 1.51. The Morgan fingerprint density at radius 2 is 1.74 bits per heavy atom. The van der Waals surface area contributed by atoms with Gasteiger partial charge >= 0.3 is 12.1 Å². The van der Waals surface area contributed by atoms with E-state index < -0.39 is 23.6 Å². The van der Waals surface area contributed by atoms with Crippen LogP contribution in [0, 0.1) is 0 Å². The molecule has 0 aliphatic rings. The zero-order valence-corrected chi connectivity index (χ0v) is 10.1. The van der Waals surface area contributed by atoms with Crippen molar-refractivity contribution in [2.24, 2.45) is 0 Å². The number of carbonyl (C=O) groups is 2. The predicted molar refractivity (Wildman–Crippen MR) is 61.7 cm³/mol. The molecule has 4 nitrogen and oxygen atoms in total. The Morgan fingerprint density at radius 3 is 2.11 bits per heavy atom. The van der Waals surface area contributed by atoms with Crippen LogP contribution in [0.4, 0.5) is 18.9 Å². The van der Waals surface area contributed by atoms with Crippen molar-refractivity contribution in [2.45, 2.75) is 19.5 Å². The maximum atomic E-state index is 12.4. The van der Waals surface area contributed by atoms with Crippen LogP contribution in [0.1, 0.15) is 18.9 Å². The van der Waals surface area contributed by atoms with Gasteiger partial charge in [-0.1, -0.05) is 0 Å². The molecule has 0 saturated heterocycles. The van der Waals surface area contributed by atoms with E-state index in [9.17, 15) is 22.8 Å². The Balaban J connectivity index is 2.92. The third kappa shape index (κ3) is 4.27. The summed E-state index contributed by atoms with van der Waals surface area (Å²) in [4.78, 5) is 22.9. The fraction of sp³-hybridized carbons (Fsp3) is 0.333. The SMILES string of the molecule is CC(=O)N(CCC(=O)O)c1ccc(C(F)(F)F)cc1. The minimum absolute atomic E-state index is 0.0873. The number of anilines is 1. The zero-order valence-electron chi connectivity index (χ0n) is 10.1. The molecule has 0 heterocycles. The summed E-state index contributed by atoms with van der Waals surface area (Å²) in [5.41, 5.74) is -0.584. The van der Waals surface area contributed by atoms with Gasteiger partial charge in [-0.2, -0.15) is 13.2 Å². The first-order chi connectivity index (χ1) is 8.71. The monoisotopic (exact) mass is 275 g/mol. The highest BCUT2D eigenvalue weighted by Gasteiger charge is 2.30. The van der Waals surface area contributed by atoms with E-state index in [1.165, 1.54) is 6.92 Å². The van der Waals surface area contributed by atoms with Gasteiger partial charge in [0.05, 0.1) is 12.0 Å². The molecule has 0 bridgehead atoms. The van der Waals surface area contributed by atoms with Crippen molar-refractivity contribution >= 4 is 17.6 Å².